The fourth-order valence-electron chi connectivity index (χ4n) is 5.60. The van der Waals surface area contributed by atoms with Crippen molar-refractivity contribution < 1.29 is 9.59 Å². The second kappa shape index (κ2) is 8.89. The van der Waals surface area contributed by atoms with Crippen LogP contribution in [0.5, 0.6) is 0 Å². The Labute approximate surface area is 224 Å². The smallest absolute Gasteiger partial charge is 0.269 e. The molecule has 0 bridgehead atoms. The van der Waals surface area contributed by atoms with Crippen LogP contribution in [0.4, 0.5) is 0 Å². The van der Waals surface area contributed by atoms with E-state index in [0.717, 1.165) is 55.0 Å². The number of fused-ring (bicyclic) bond motifs is 6. The Balaban J connectivity index is 1.56. The maximum Gasteiger partial charge on any atom is 0.269 e. The predicted octanol–water partition coefficient (Wildman–Crippen LogP) is 6.66. The van der Waals surface area contributed by atoms with Gasteiger partial charge in [-0.15, -0.1) is 0 Å². The average molecular weight is 509 g/mol. The van der Waals surface area contributed by atoms with E-state index in [9.17, 15) is 9.59 Å². The monoisotopic (exact) mass is 508 g/mol. The van der Waals surface area contributed by atoms with Crippen molar-refractivity contribution in [1.29, 1.82) is 0 Å². The van der Waals surface area contributed by atoms with Crippen LogP contribution in [-0.2, 0) is 4.79 Å². The topological polar surface area (TPSA) is 68.1 Å². The minimum Gasteiger partial charge on any atom is -0.309 e. The van der Waals surface area contributed by atoms with Gasteiger partial charge in [0.1, 0.15) is 0 Å². The van der Waals surface area contributed by atoms with Gasteiger partial charge in [-0.2, -0.15) is 0 Å². The number of nitrogens with zero attached hydrogens (tertiary/aromatic N) is 2. The summed E-state index contributed by atoms with van der Waals surface area (Å²) in [6, 6.07) is 39.0. The molecule has 2 aromatic heterocycles. The van der Waals surface area contributed by atoms with Crippen molar-refractivity contribution in [1.82, 2.24) is 20.0 Å². The van der Waals surface area contributed by atoms with Crippen molar-refractivity contribution in [2.45, 2.75) is 6.92 Å². The summed E-state index contributed by atoms with van der Waals surface area (Å²) in [5.74, 6) is -0.737. The molecule has 0 aliphatic rings. The summed E-state index contributed by atoms with van der Waals surface area (Å²) in [6.07, 6.45) is 0. The van der Waals surface area contributed by atoms with Gasteiger partial charge in [0.25, 0.3) is 5.91 Å². The number of nitrogens with one attached hydrogen (secondary N) is 2. The molecule has 7 rings (SSSR count). The normalized spacial score (nSPS) is 11.4. The molecule has 7 aromatic rings. The lowest BCUT2D eigenvalue weighted by molar-refractivity contribution is -0.119. The van der Waals surface area contributed by atoms with Crippen LogP contribution in [0.15, 0.2) is 115 Å². The molecule has 5 aromatic carbocycles. The predicted molar refractivity (Wildman–Crippen MR) is 156 cm³/mol. The van der Waals surface area contributed by atoms with E-state index in [-0.39, 0.29) is 5.91 Å². The van der Waals surface area contributed by atoms with Crippen molar-refractivity contribution in [2.24, 2.45) is 0 Å². The number of hydrogen-bond donors (Lipinski definition) is 2. The number of hydrogen-bond acceptors (Lipinski definition) is 2. The van der Waals surface area contributed by atoms with Crippen LogP contribution in [0.25, 0.3) is 55.0 Å². The lowest BCUT2D eigenvalue weighted by Gasteiger charge is -2.15. The number of hydrazine groups is 1. The third-order valence-electron chi connectivity index (χ3n) is 7.19. The summed E-state index contributed by atoms with van der Waals surface area (Å²) < 4.78 is 4.38. The summed E-state index contributed by atoms with van der Waals surface area (Å²) in [7, 11) is 0. The molecule has 0 radical (unpaired) electrons. The summed E-state index contributed by atoms with van der Waals surface area (Å²) >= 11 is 0. The lowest BCUT2D eigenvalue weighted by Crippen LogP contribution is -2.40. The van der Waals surface area contributed by atoms with E-state index < -0.39 is 5.91 Å². The Bertz CT molecular complexity index is 1840. The van der Waals surface area contributed by atoms with Gasteiger partial charge in [-0.3, -0.25) is 20.4 Å². The van der Waals surface area contributed by atoms with Gasteiger partial charge in [-0.25, -0.2) is 0 Å². The average Bonchev–Trinajstić information content (AvgIpc) is 3.49. The quantitative estimate of drug-likeness (QED) is 0.262. The van der Waals surface area contributed by atoms with Gasteiger partial charge in [-0.1, -0.05) is 72.8 Å². The van der Waals surface area contributed by atoms with E-state index >= 15 is 0 Å². The SMILES string of the molecule is CC(=O)NNC(=O)c1cc(-n2c3ccccc3c3ccccc32)cc(-n2c3ccccc3c3ccccc32)c1. The fourth-order valence-corrected chi connectivity index (χ4v) is 5.60. The van der Waals surface area contributed by atoms with Crippen molar-refractivity contribution >= 4 is 55.4 Å². The van der Waals surface area contributed by atoms with Gasteiger partial charge in [0.2, 0.25) is 5.91 Å². The summed E-state index contributed by atoms with van der Waals surface area (Å²) in [5, 5.41) is 4.55. The van der Waals surface area contributed by atoms with Gasteiger partial charge in [-0.05, 0) is 42.5 Å². The Morgan fingerprint density at radius 2 is 0.872 bits per heavy atom. The molecule has 0 aliphatic carbocycles. The van der Waals surface area contributed by atoms with E-state index in [4.69, 9.17) is 0 Å². The third-order valence-corrected chi connectivity index (χ3v) is 7.19. The van der Waals surface area contributed by atoms with E-state index in [0.29, 0.717) is 5.56 Å². The number of aromatic nitrogens is 2. The van der Waals surface area contributed by atoms with Crippen LogP contribution in [0, 0.1) is 0 Å². The molecule has 6 heteroatoms. The van der Waals surface area contributed by atoms with Gasteiger partial charge in [0.05, 0.1) is 22.1 Å². The second-order valence-electron chi connectivity index (χ2n) is 9.61. The third kappa shape index (κ3) is 3.65. The maximum atomic E-state index is 13.3. The molecule has 2 amide bonds. The summed E-state index contributed by atoms with van der Waals surface area (Å²) in [5.41, 5.74) is 11.3. The van der Waals surface area contributed by atoms with Crippen molar-refractivity contribution in [3.63, 3.8) is 0 Å². The molecule has 0 aliphatic heterocycles. The molecule has 188 valence electrons. The van der Waals surface area contributed by atoms with Gasteiger partial charge in [0, 0.05) is 45.4 Å². The molecule has 0 saturated heterocycles. The first-order chi connectivity index (χ1) is 19.1. The molecular formula is C33H24N4O2. The van der Waals surface area contributed by atoms with Gasteiger partial charge >= 0.3 is 0 Å². The minimum atomic E-state index is -0.394. The first kappa shape index (κ1) is 22.8. The highest BCUT2D eigenvalue weighted by Crippen LogP contribution is 2.35. The van der Waals surface area contributed by atoms with Crippen LogP contribution < -0.4 is 10.9 Å². The molecule has 6 nitrogen and oxygen atoms in total. The number of carbonyl (C=O) groups excluding carboxylic acids is 2. The fraction of sp³-hybridized carbons (Fsp3) is 0.0303. The highest BCUT2D eigenvalue weighted by atomic mass is 16.2. The molecule has 2 heterocycles. The first-order valence-electron chi connectivity index (χ1n) is 12.8. The maximum absolute atomic E-state index is 13.3. The van der Waals surface area contributed by atoms with Crippen LogP contribution in [0.3, 0.4) is 0 Å². The Morgan fingerprint density at radius 1 is 0.513 bits per heavy atom. The Hall–Kier alpha value is -5.36. The molecular weight excluding hydrogens is 484 g/mol. The number of benzene rings is 5. The zero-order valence-corrected chi connectivity index (χ0v) is 21.2. The van der Waals surface area contributed by atoms with Gasteiger partial charge in [0.15, 0.2) is 0 Å². The van der Waals surface area contributed by atoms with E-state index in [1.165, 1.54) is 6.92 Å². The highest BCUT2D eigenvalue weighted by molar-refractivity contribution is 6.11. The van der Waals surface area contributed by atoms with Crippen LogP contribution in [0.1, 0.15) is 17.3 Å². The van der Waals surface area contributed by atoms with Crippen molar-refractivity contribution in [2.75, 3.05) is 0 Å². The molecule has 2 N–H and O–H groups in total. The minimum absolute atomic E-state index is 0.343. The largest absolute Gasteiger partial charge is 0.309 e. The molecule has 0 spiro atoms. The molecule has 0 atom stereocenters. The Morgan fingerprint density at radius 3 is 1.23 bits per heavy atom. The van der Waals surface area contributed by atoms with Gasteiger partial charge < -0.3 is 9.13 Å². The molecule has 0 saturated carbocycles. The molecule has 0 fully saturated rings. The van der Waals surface area contributed by atoms with Crippen LogP contribution in [0.2, 0.25) is 0 Å². The van der Waals surface area contributed by atoms with E-state index in [1.807, 2.05) is 60.7 Å². The number of amides is 2. The van der Waals surface area contributed by atoms with Crippen molar-refractivity contribution in [3.8, 4) is 11.4 Å². The van der Waals surface area contributed by atoms with E-state index in [2.05, 4.69) is 74.6 Å². The number of carbonyl (C=O) groups is 2. The lowest BCUT2D eigenvalue weighted by atomic mass is 10.1. The molecule has 39 heavy (non-hydrogen) atoms. The summed E-state index contributed by atoms with van der Waals surface area (Å²) in [6.45, 7) is 1.36. The first-order valence-corrected chi connectivity index (χ1v) is 12.8. The second-order valence-corrected chi connectivity index (χ2v) is 9.61. The molecule has 0 unspecified atom stereocenters. The standard InChI is InChI=1S/C33H24N4O2/c1-21(38)34-35-33(39)22-18-23(36-29-14-6-2-10-25(29)26-11-3-7-15-30(26)36)20-24(19-22)37-31-16-8-4-12-27(31)28-13-5-9-17-32(28)37/h2-20H,1H3,(H,34,38)(H,35,39). The van der Waals surface area contributed by atoms with E-state index in [1.54, 1.807) is 0 Å². The summed E-state index contributed by atoms with van der Waals surface area (Å²) in [4.78, 5) is 24.8. The number of para-hydroxylation sites is 4. The van der Waals surface area contributed by atoms with Crippen LogP contribution in [-0.4, -0.2) is 20.9 Å². The van der Waals surface area contributed by atoms with Crippen molar-refractivity contribution in [3.05, 3.63) is 121 Å². The highest BCUT2D eigenvalue weighted by Gasteiger charge is 2.18. The zero-order valence-electron chi connectivity index (χ0n) is 21.2. The van der Waals surface area contributed by atoms with Crippen LogP contribution >= 0.6 is 0 Å². The Kier molecular flexibility index (Phi) is 5.20. The number of rotatable bonds is 3. The zero-order chi connectivity index (χ0) is 26.5.